The molecule has 0 radical (unpaired) electrons. The Bertz CT molecular complexity index is 617. The molecule has 0 aliphatic rings. The fourth-order valence-corrected chi connectivity index (χ4v) is 2.34. The number of aryl methyl sites for hydroxylation is 2. The van der Waals surface area contributed by atoms with Gasteiger partial charge in [-0.1, -0.05) is 26.8 Å². The molecule has 0 saturated heterocycles. The van der Waals surface area contributed by atoms with E-state index in [4.69, 9.17) is 5.11 Å². The lowest BCUT2D eigenvalue weighted by Gasteiger charge is -2.19. The van der Waals surface area contributed by atoms with E-state index in [1.165, 1.54) is 16.5 Å². The maximum atomic E-state index is 10.7. The maximum Gasteiger partial charge on any atom is 0.305 e. The molecule has 1 N–H and O–H groups in total. The SMILES string of the molecule is Cc1cn(CCC(=O)O)c2ccc(C(C)(C)C)cc12. The van der Waals surface area contributed by atoms with Crippen LogP contribution in [0.15, 0.2) is 24.4 Å². The van der Waals surface area contributed by atoms with Crippen molar-refractivity contribution in [3.8, 4) is 0 Å². The first kappa shape index (κ1) is 13.7. The summed E-state index contributed by atoms with van der Waals surface area (Å²) in [5, 5.41) is 10.0. The summed E-state index contributed by atoms with van der Waals surface area (Å²) < 4.78 is 2.03. The summed E-state index contributed by atoms with van der Waals surface area (Å²) in [5.74, 6) is -0.759. The van der Waals surface area contributed by atoms with Gasteiger partial charge in [-0.05, 0) is 35.6 Å². The molecule has 19 heavy (non-hydrogen) atoms. The van der Waals surface area contributed by atoms with Crippen molar-refractivity contribution in [2.75, 3.05) is 0 Å². The fourth-order valence-electron chi connectivity index (χ4n) is 2.34. The summed E-state index contributed by atoms with van der Waals surface area (Å²) in [5.41, 5.74) is 3.75. The van der Waals surface area contributed by atoms with Crippen molar-refractivity contribution in [2.45, 2.75) is 46.1 Å². The summed E-state index contributed by atoms with van der Waals surface area (Å²) >= 11 is 0. The van der Waals surface area contributed by atoms with Crippen molar-refractivity contribution < 1.29 is 9.90 Å². The van der Waals surface area contributed by atoms with E-state index in [1.54, 1.807) is 0 Å². The van der Waals surface area contributed by atoms with Crippen LogP contribution >= 0.6 is 0 Å². The standard InChI is InChI=1S/C16H21NO2/c1-11-10-17(8-7-15(18)19)14-6-5-12(9-13(11)14)16(2,3)4/h5-6,9-10H,7-8H2,1-4H3,(H,18,19). The molecule has 0 amide bonds. The molecule has 0 bridgehead atoms. The molecule has 1 heterocycles. The van der Waals surface area contributed by atoms with Crippen molar-refractivity contribution in [3.05, 3.63) is 35.5 Å². The fraction of sp³-hybridized carbons (Fsp3) is 0.438. The number of aromatic nitrogens is 1. The first-order chi connectivity index (χ1) is 8.79. The van der Waals surface area contributed by atoms with Crippen LogP contribution in [0.5, 0.6) is 0 Å². The zero-order valence-electron chi connectivity index (χ0n) is 12.0. The lowest BCUT2D eigenvalue weighted by Crippen LogP contribution is -2.10. The van der Waals surface area contributed by atoms with Gasteiger partial charge in [-0.25, -0.2) is 0 Å². The molecule has 3 heteroatoms. The van der Waals surface area contributed by atoms with Gasteiger partial charge in [0, 0.05) is 23.6 Å². The second-order valence-corrected chi connectivity index (χ2v) is 6.13. The smallest absolute Gasteiger partial charge is 0.305 e. The molecule has 0 fully saturated rings. The Morgan fingerprint density at radius 3 is 2.58 bits per heavy atom. The quantitative estimate of drug-likeness (QED) is 0.912. The number of aliphatic carboxylic acids is 1. The molecular formula is C16H21NO2. The van der Waals surface area contributed by atoms with Crippen molar-refractivity contribution >= 4 is 16.9 Å². The van der Waals surface area contributed by atoms with Gasteiger partial charge in [0.25, 0.3) is 0 Å². The van der Waals surface area contributed by atoms with Crippen molar-refractivity contribution in [2.24, 2.45) is 0 Å². The Morgan fingerprint density at radius 2 is 2.00 bits per heavy atom. The molecule has 1 aromatic carbocycles. The molecule has 0 unspecified atom stereocenters. The molecule has 0 saturated carbocycles. The van der Waals surface area contributed by atoms with Crippen molar-refractivity contribution in [3.63, 3.8) is 0 Å². The maximum absolute atomic E-state index is 10.7. The van der Waals surface area contributed by atoms with E-state index in [-0.39, 0.29) is 11.8 Å². The molecule has 0 spiro atoms. The van der Waals surface area contributed by atoms with E-state index in [2.05, 4.69) is 45.9 Å². The van der Waals surface area contributed by atoms with Crippen LogP contribution in [0.1, 0.15) is 38.3 Å². The highest BCUT2D eigenvalue weighted by atomic mass is 16.4. The van der Waals surface area contributed by atoms with E-state index in [1.807, 2.05) is 10.8 Å². The summed E-state index contributed by atoms with van der Waals surface area (Å²) in [7, 11) is 0. The second-order valence-electron chi connectivity index (χ2n) is 6.13. The lowest BCUT2D eigenvalue weighted by atomic mass is 9.86. The third-order valence-corrected chi connectivity index (χ3v) is 3.51. The third-order valence-electron chi connectivity index (χ3n) is 3.51. The highest BCUT2D eigenvalue weighted by Gasteiger charge is 2.15. The van der Waals surface area contributed by atoms with Crippen LogP contribution in [-0.4, -0.2) is 15.6 Å². The topological polar surface area (TPSA) is 42.2 Å². The number of fused-ring (bicyclic) bond motifs is 1. The van der Waals surface area contributed by atoms with E-state index >= 15 is 0 Å². The summed E-state index contributed by atoms with van der Waals surface area (Å²) in [6.07, 6.45) is 2.20. The Hall–Kier alpha value is -1.77. The largest absolute Gasteiger partial charge is 0.481 e. The predicted octanol–water partition coefficient (Wildman–Crippen LogP) is 3.72. The minimum Gasteiger partial charge on any atom is -0.481 e. The van der Waals surface area contributed by atoms with E-state index in [0.29, 0.717) is 6.54 Å². The lowest BCUT2D eigenvalue weighted by molar-refractivity contribution is -0.137. The Morgan fingerprint density at radius 1 is 1.32 bits per heavy atom. The molecule has 2 aromatic rings. The second kappa shape index (κ2) is 4.72. The highest BCUT2D eigenvalue weighted by molar-refractivity contribution is 5.84. The van der Waals surface area contributed by atoms with Crippen LogP contribution in [0.2, 0.25) is 0 Å². The molecule has 0 atom stereocenters. The van der Waals surface area contributed by atoms with Gasteiger partial charge in [0.1, 0.15) is 0 Å². The molecule has 0 aliphatic heterocycles. The van der Waals surface area contributed by atoms with Gasteiger partial charge in [-0.2, -0.15) is 0 Å². The molecule has 2 rings (SSSR count). The van der Waals surface area contributed by atoms with Crippen molar-refractivity contribution in [1.82, 2.24) is 4.57 Å². The number of carbonyl (C=O) groups is 1. The van der Waals surface area contributed by atoms with Gasteiger partial charge in [0.2, 0.25) is 0 Å². The summed E-state index contributed by atoms with van der Waals surface area (Å²) in [4.78, 5) is 10.7. The first-order valence-corrected chi connectivity index (χ1v) is 6.61. The van der Waals surface area contributed by atoms with E-state index in [0.717, 1.165) is 5.52 Å². The summed E-state index contributed by atoms with van der Waals surface area (Å²) in [6, 6.07) is 6.46. The number of rotatable bonds is 3. The van der Waals surface area contributed by atoms with Crippen LogP contribution in [0, 0.1) is 6.92 Å². The summed E-state index contributed by atoms with van der Waals surface area (Å²) in [6.45, 7) is 9.20. The average Bonchev–Trinajstić information content (AvgIpc) is 2.62. The minimum atomic E-state index is -0.759. The van der Waals surface area contributed by atoms with Gasteiger partial charge in [0.15, 0.2) is 0 Å². The monoisotopic (exact) mass is 259 g/mol. The van der Waals surface area contributed by atoms with Gasteiger partial charge >= 0.3 is 5.97 Å². The third kappa shape index (κ3) is 2.80. The van der Waals surface area contributed by atoms with Crippen LogP contribution in [0.25, 0.3) is 10.9 Å². The zero-order valence-corrected chi connectivity index (χ0v) is 12.0. The van der Waals surface area contributed by atoms with Crippen LogP contribution in [0.4, 0.5) is 0 Å². The van der Waals surface area contributed by atoms with Gasteiger partial charge < -0.3 is 9.67 Å². The molecule has 0 aliphatic carbocycles. The van der Waals surface area contributed by atoms with Crippen LogP contribution in [0.3, 0.4) is 0 Å². The number of hydrogen-bond acceptors (Lipinski definition) is 1. The van der Waals surface area contributed by atoms with E-state index < -0.39 is 5.97 Å². The number of benzene rings is 1. The van der Waals surface area contributed by atoms with Gasteiger partial charge in [-0.15, -0.1) is 0 Å². The van der Waals surface area contributed by atoms with Gasteiger partial charge in [0.05, 0.1) is 6.42 Å². The first-order valence-electron chi connectivity index (χ1n) is 6.61. The van der Waals surface area contributed by atoms with E-state index in [9.17, 15) is 4.79 Å². The normalized spacial score (nSPS) is 12.0. The molecule has 1 aromatic heterocycles. The Kier molecular flexibility index (Phi) is 3.40. The van der Waals surface area contributed by atoms with Gasteiger partial charge in [-0.3, -0.25) is 4.79 Å². The Balaban J connectivity index is 2.45. The highest BCUT2D eigenvalue weighted by Crippen LogP contribution is 2.28. The van der Waals surface area contributed by atoms with Crippen LogP contribution < -0.4 is 0 Å². The number of carboxylic acid groups (broad SMARTS) is 1. The number of nitrogens with zero attached hydrogens (tertiary/aromatic N) is 1. The molecule has 102 valence electrons. The Labute approximate surface area is 113 Å². The predicted molar refractivity (Wildman–Crippen MR) is 77.6 cm³/mol. The average molecular weight is 259 g/mol. The van der Waals surface area contributed by atoms with Crippen molar-refractivity contribution in [1.29, 1.82) is 0 Å². The minimum absolute atomic E-state index is 0.129. The molecular weight excluding hydrogens is 238 g/mol. The molecule has 3 nitrogen and oxygen atoms in total. The van der Waals surface area contributed by atoms with Crippen LogP contribution in [-0.2, 0) is 16.8 Å². The zero-order chi connectivity index (χ0) is 14.2. The number of carboxylic acids is 1. The number of hydrogen-bond donors (Lipinski definition) is 1.